The van der Waals surface area contributed by atoms with Crippen molar-refractivity contribution in [2.75, 3.05) is 13.2 Å². The number of rotatable bonds is 66. The molecule has 0 saturated carbocycles. The van der Waals surface area contributed by atoms with Gasteiger partial charge in [-0.05, 0) is 122 Å². The molecule has 1 N–H and O–H groups in total. The zero-order valence-corrected chi connectivity index (χ0v) is 56.3. The van der Waals surface area contributed by atoms with Crippen molar-refractivity contribution in [3.05, 3.63) is 146 Å². The smallest absolute Gasteiger partial charge is 0.306 e. The maximum Gasteiger partial charge on any atom is 0.306 e. The van der Waals surface area contributed by atoms with Crippen LogP contribution in [0.15, 0.2) is 146 Å². The fraction of sp³-hybridized carbons (Fsp3) is 0.679. The van der Waals surface area contributed by atoms with Crippen LogP contribution in [0.1, 0.15) is 335 Å². The number of unbranched alkanes of at least 4 members (excludes halogenated alkanes) is 34. The van der Waals surface area contributed by atoms with Crippen molar-refractivity contribution in [1.29, 1.82) is 0 Å². The fourth-order valence-corrected chi connectivity index (χ4v) is 10.2. The van der Waals surface area contributed by atoms with Gasteiger partial charge in [0.1, 0.15) is 6.61 Å². The Bertz CT molecular complexity index is 1780. The van der Waals surface area contributed by atoms with E-state index in [2.05, 4.69) is 160 Å². The highest BCUT2D eigenvalue weighted by Gasteiger charge is 2.16. The normalized spacial score (nSPS) is 13.1. The van der Waals surface area contributed by atoms with Crippen LogP contribution >= 0.6 is 0 Å². The number of aliphatic hydroxyl groups is 1. The van der Waals surface area contributed by atoms with E-state index < -0.39 is 6.10 Å². The van der Waals surface area contributed by atoms with Gasteiger partial charge in [0.15, 0.2) is 6.10 Å². The van der Waals surface area contributed by atoms with E-state index in [-0.39, 0.29) is 25.2 Å². The summed E-state index contributed by atoms with van der Waals surface area (Å²) in [6.45, 7) is 4.03. The summed E-state index contributed by atoms with van der Waals surface area (Å²) in [5, 5.41) is 9.71. The van der Waals surface area contributed by atoms with E-state index in [0.717, 1.165) is 116 Å². The number of hydrogen-bond donors (Lipinski definition) is 1. The average molecular weight is 1190 g/mol. The second-order valence-electron chi connectivity index (χ2n) is 23.9. The molecule has 5 heteroatoms. The topological polar surface area (TPSA) is 72.8 Å². The summed E-state index contributed by atoms with van der Waals surface area (Å²) in [5.41, 5.74) is 0. The Kier molecular flexibility index (Phi) is 71.3. The summed E-state index contributed by atoms with van der Waals surface area (Å²) < 4.78 is 10.8. The van der Waals surface area contributed by atoms with Crippen LogP contribution in [-0.2, 0) is 19.1 Å². The first-order valence-electron chi connectivity index (χ1n) is 36.4. The van der Waals surface area contributed by atoms with Crippen LogP contribution in [0, 0.1) is 0 Å². The van der Waals surface area contributed by atoms with Gasteiger partial charge in [0.05, 0.1) is 6.61 Å². The summed E-state index contributed by atoms with van der Waals surface area (Å²) in [4.78, 5) is 24.7. The van der Waals surface area contributed by atoms with Crippen LogP contribution in [0.25, 0.3) is 0 Å². The highest BCUT2D eigenvalue weighted by Crippen LogP contribution is 2.17. The largest absolute Gasteiger partial charge is 0.462 e. The van der Waals surface area contributed by atoms with Crippen molar-refractivity contribution in [1.82, 2.24) is 0 Å². The van der Waals surface area contributed by atoms with Gasteiger partial charge in [-0.2, -0.15) is 0 Å². The van der Waals surface area contributed by atoms with Gasteiger partial charge < -0.3 is 14.6 Å². The molecule has 0 rings (SSSR count). The minimum atomic E-state index is -0.790. The molecule has 0 fully saturated rings. The van der Waals surface area contributed by atoms with Gasteiger partial charge in [-0.15, -0.1) is 0 Å². The molecular formula is C81H136O5. The van der Waals surface area contributed by atoms with Crippen LogP contribution in [0.4, 0.5) is 0 Å². The molecule has 0 spiro atoms. The third-order valence-corrected chi connectivity index (χ3v) is 15.6. The molecule has 1 atom stereocenters. The van der Waals surface area contributed by atoms with E-state index in [1.165, 1.54) is 193 Å². The van der Waals surface area contributed by atoms with Crippen molar-refractivity contribution >= 4 is 11.9 Å². The summed E-state index contributed by atoms with van der Waals surface area (Å²) >= 11 is 0. The molecule has 0 aliphatic carbocycles. The Hall–Kier alpha value is -4.22. The van der Waals surface area contributed by atoms with E-state index in [1.54, 1.807) is 0 Å². The van der Waals surface area contributed by atoms with Gasteiger partial charge in [-0.25, -0.2) is 0 Å². The monoisotopic (exact) mass is 1190 g/mol. The third kappa shape index (κ3) is 72.3. The number of aliphatic hydroxyl groups excluding tert-OH is 1. The first-order chi connectivity index (χ1) is 42.6. The number of carbonyl (C=O) groups excluding carboxylic acids is 2. The lowest BCUT2D eigenvalue weighted by atomic mass is 10.0. The van der Waals surface area contributed by atoms with E-state index >= 15 is 0 Å². The number of ether oxygens (including phenoxy) is 2. The molecule has 0 radical (unpaired) electrons. The second-order valence-corrected chi connectivity index (χ2v) is 23.9. The van der Waals surface area contributed by atoms with Crippen LogP contribution in [0.5, 0.6) is 0 Å². The number of esters is 2. The molecule has 86 heavy (non-hydrogen) atoms. The predicted octanol–water partition coefficient (Wildman–Crippen LogP) is 25.7. The Morgan fingerprint density at radius 1 is 0.279 bits per heavy atom. The molecule has 0 aromatic carbocycles. The molecule has 0 heterocycles. The highest BCUT2D eigenvalue weighted by molar-refractivity contribution is 5.70. The molecule has 0 bridgehead atoms. The van der Waals surface area contributed by atoms with Gasteiger partial charge >= 0.3 is 11.9 Å². The van der Waals surface area contributed by atoms with E-state index in [0.29, 0.717) is 12.8 Å². The van der Waals surface area contributed by atoms with Gasteiger partial charge in [-0.1, -0.05) is 346 Å². The molecule has 1 unspecified atom stereocenters. The Balaban J connectivity index is 3.53. The zero-order valence-electron chi connectivity index (χ0n) is 56.3. The maximum atomic E-state index is 12.4. The van der Waals surface area contributed by atoms with Gasteiger partial charge in [-0.3, -0.25) is 9.59 Å². The lowest BCUT2D eigenvalue weighted by Gasteiger charge is -2.15. The molecule has 490 valence electrons. The van der Waals surface area contributed by atoms with Crippen LogP contribution < -0.4 is 0 Å². The van der Waals surface area contributed by atoms with Crippen molar-refractivity contribution in [3.63, 3.8) is 0 Å². The first kappa shape index (κ1) is 81.8. The molecule has 0 aromatic rings. The summed E-state index contributed by atoms with van der Waals surface area (Å²) in [6, 6.07) is 0. The lowest BCUT2D eigenvalue weighted by molar-refractivity contribution is -0.161. The number of hydrogen-bond acceptors (Lipinski definition) is 5. The van der Waals surface area contributed by atoms with Crippen LogP contribution in [0.2, 0.25) is 0 Å². The maximum absolute atomic E-state index is 12.4. The first-order valence-corrected chi connectivity index (χ1v) is 36.4. The standard InChI is InChI=1S/C81H136O5/c1-3-5-7-9-11-13-15-17-19-21-23-25-27-29-31-33-35-37-39-40-42-44-46-48-50-52-54-56-58-60-62-64-66-68-70-72-74-76-81(84)86-79(77-82)78-85-80(83)75-73-71-69-67-65-63-61-59-57-55-53-51-49-47-45-43-41-38-36-34-32-30-28-26-24-22-20-18-16-14-12-10-8-6-4-2/h5,7,11,13,16-19,22-25,29,31,35,37,40,42,46,48,52,54,58,60,79,82H,3-4,6,8-10,12,14-15,20-21,26-28,30,32-34,36,38-39,41,43-45,47,49-51,53,55-57,59,61-78H2,1-2H3/b7-5-,13-11-,18-16-,19-17-,24-22-,25-23-,31-29-,37-35-,42-40-,48-46-,54-52-,60-58-. The molecular weight excluding hydrogens is 1050 g/mol. The summed E-state index contributed by atoms with van der Waals surface area (Å²) in [7, 11) is 0. The lowest BCUT2D eigenvalue weighted by Crippen LogP contribution is -2.28. The van der Waals surface area contributed by atoms with Gasteiger partial charge in [0, 0.05) is 12.8 Å². The summed E-state index contributed by atoms with van der Waals surface area (Å²) in [5.74, 6) is -0.604. The zero-order chi connectivity index (χ0) is 61.9. The van der Waals surface area contributed by atoms with E-state index in [4.69, 9.17) is 9.47 Å². The van der Waals surface area contributed by atoms with Crippen LogP contribution in [-0.4, -0.2) is 36.4 Å². The molecule has 5 nitrogen and oxygen atoms in total. The summed E-state index contributed by atoms with van der Waals surface area (Å²) in [6.07, 6.45) is 113. The Morgan fingerprint density at radius 2 is 0.500 bits per heavy atom. The molecule has 0 amide bonds. The minimum Gasteiger partial charge on any atom is -0.462 e. The average Bonchev–Trinajstić information content (AvgIpc) is 3.53. The second kappa shape index (κ2) is 75.0. The Labute approximate surface area is 533 Å². The Morgan fingerprint density at radius 3 is 0.756 bits per heavy atom. The van der Waals surface area contributed by atoms with Gasteiger partial charge in [0.2, 0.25) is 0 Å². The van der Waals surface area contributed by atoms with Gasteiger partial charge in [0.25, 0.3) is 0 Å². The quantitative estimate of drug-likeness (QED) is 0.0373. The minimum absolute atomic E-state index is 0.0769. The van der Waals surface area contributed by atoms with Crippen molar-refractivity contribution in [3.8, 4) is 0 Å². The van der Waals surface area contributed by atoms with E-state index in [1.807, 2.05) is 0 Å². The molecule has 0 aliphatic heterocycles. The molecule has 0 aromatic heterocycles. The SMILES string of the molecule is CC/C=C\C/C=C\C/C=C\C/C=C\C/C=C\C/C=C\C/C=C\C/C=C\C/C=C\C/C=C\CCCCCCCCC(=O)OC(CO)COC(=O)CCCCCCCCCCCCCCCCCCCCCCCCC/C=C\C/C=C\CCCCCCC. The molecule has 0 saturated heterocycles. The predicted molar refractivity (Wildman–Crippen MR) is 380 cm³/mol. The van der Waals surface area contributed by atoms with Crippen molar-refractivity contribution in [2.45, 2.75) is 341 Å². The molecule has 0 aliphatic rings. The van der Waals surface area contributed by atoms with Crippen molar-refractivity contribution < 1.29 is 24.2 Å². The number of allylic oxidation sites excluding steroid dienone is 24. The van der Waals surface area contributed by atoms with Crippen molar-refractivity contribution in [2.24, 2.45) is 0 Å². The number of carbonyl (C=O) groups is 2. The highest BCUT2D eigenvalue weighted by atomic mass is 16.6. The third-order valence-electron chi connectivity index (χ3n) is 15.6. The fourth-order valence-electron chi connectivity index (χ4n) is 10.2. The van der Waals surface area contributed by atoms with E-state index in [9.17, 15) is 14.7 Å². The van der Waals surface area contributed by atoms with Crippen LogP contribution in [0.3, 0.4) is 0 Å².